The lowest BCUT2D eigenvalue weighted by molar-refractivity contribution is -0.132. The van der Waals surface area contributed by atoms with Gasteiger partial charge in [0.05, 0.1) is 13.2 Å². The lowest BCUT2D eigenvalue weighted by atomic mass is 10.00. The minimum Gasteiger partial charge on any atom is -0.487 e. The molecule has 1 N–H and O–H groups in total. The number of aliphatic hydroxyl groups excluding tert-OH is 1. The summed E-state index contributed by atoms with van der Waals surface area (Å²) < 4.78 is 35.1. The van der Waals surface area contributed by atoms with Crippen molar-refractivity contribution in [3.8, 4) is 16.9 Å². The van der Waals surface area contributed by atoms with Crippen LogP contribution in [0.25, 0.3) is 11.1 Å². The molecule has 2 aromatic carbocycles. The van der Waals surface area contributed by atoms with Crippen molar-refractivity contribution >= 4 is 15.9 Å². The summed E-state index contributed by atoms with van der Waals surface area (Å²) in [7, 11) is -2.12. The van der Waals surface area contributed by atoms with Gasteiger partial charge in [-0.1, -0.05) is 37.3 Å². The second-order valence-corrected chi connectivity index (χ2v) is 11.6. The van der Waals surface area contributed by atoms with Gasteiger partial charge < -0.3 is 14.7 Å². The lowest BCUT2D eigenvalue weighted by Gasteiger charge is -2.37. The molecule has 1 aliphatic carbocycles. The van der Waals surface area contributed by atoms with Crippen molar-refractivity contribution in [2.75, 3.05) is 26.7 Å². The summed E-state index contributed by atoms with van der Waals surface area (Å²) in [5, 5.41) is 9.80. The minimum atomic E-state index is -3.90. The SMILES string of the molecule is Cc1ccccc1-c1ccc2c(c1)O[C@H](CN(C)C(=O)C1CC1)[C@H](C)CN([C@@H](C)CO)S2(=O)=O. The Morgan fingerprint density at radius 1 is 1.24 bits per heavy atom. The number of rotatable bonds is 6. The Morgan fingerprint density at radius 2 is 1.94 bits per heavy atom. The van der Waals surface area contributed by atoms with E-state index in [0.29, 0.717) is 6.54 Å². The fraction of sp³-hybridized carbons (Fsp3) is 0.500. The quantitative estimate of drug-likeness (QED) is 0.677. The molecule has 2 aromatic rings. The zero-order chi connectivity index (χ0) is 24.6. The van der Waals surface area contributed by atoms with Gasteiger partial charge in [0.2, 0.25) is 15.9 Å². The van der Waals surface area contributed by atoms with Crippen LogP contribution in [0.4, 0.5) is 0 Å². The third-order valence-corrected chi connectivity index (χ3v) is 8.90. The first-order chi connectivity index (χ1) is 16.1. The summed E-state index contributed by atoms with van der Waals surface area (Å²) in [6, 6.07) is 12.5. The van der Waals surface area contributed by atoms with Crippen molar-refractivity contribution in [1.82, 2.24) is 9.21 Å². The average Bonchev–Trinajstić information content (AvgIpc) is 3.66. The highest BCUT2D eigenvalue weighted by atomic mass is 32.2. The summed E-state index contributed by atoms with van der Waals surface area (Å²) in [5.41, 5.74) is 2.94. The molecule has 0 bridgehead atoms. The number of nitrogens with zero attached hydrogens (tertiary/aromatic N) is 2. The highest BCUT2D eigenvalue weighted by Crippen LogP contribution is 2.37. The Hall–Kier alpha value is -2.42. The molecule has 34 heavy (non-hydrogen) atoms. The first-order valence-corrected chi connectivity index (χ1v) is 13.3. The molecule has 1 fully saturated rings. The van der Waals surface area contributed by atoms with Gasteiger partial charge in [-0.3, -0.25) is 4.79 Å². The Bertz CT molecular complexity index is 1160. The molecule has 1 saturated carbocycles. The fourth-order valence-electron chi connectivity index (χ4n) is 4.51. The summed E-state index contributed by atoms with van der Waals surface area (Å²) in [4.78, 5) is 14.4. The maximum absolute atomic E-state index is 13.6. The van der Waals surface area contributed by atoms with Crippen molar-refractivity contribution in [2.24, 2.45) is 11.8 Å². The highest BCUT2D eigenvalue weighted by molar-refractivity contribution is 7.89. The van der Waals surface area contributed by atoms with E-state index in [1.807, 2.05) is 38.1 Å². The monoisotopic (exact) mass is 486 g/mol. The van der Waals surface area contributed by atoms with Crippen LogP contribution in [-0.2, 0) is 14.8 Å². The molecular formula is C26H34N2O5S. The van der Waals surface area contributed by atoms with E-state index in [1.54, 1.807) is 37.1 Å². The molecule has 1 amide bonds. The highest BCUT2D eigenvalue weighted by Gasteiger charge is 2.39. The van der Waals surface area contributed by atoms with E-state index in [2.05, 4.69) is 0 Å². The zero-order valence-electron chi connectivity index (χ0n) is 20.3. The Morgan fingerprint density at radius 3 is 2.59 bits per heavy atom. The standard InChI is InChI=1S/C26H34N2O5S/c1-17-7-5-6-8-22(17)21-11-12-25-23(13-21)33-24(15-27(4)26(30)20-9-10-20)18(2)14-28(19(3)16-29)34(25,31)32/h5-8,11-13,18-20,24,29H,9-10,14-16H2,1-4H3/t18-,19+,24-/m1/s1. The Balaban J connectivity index is 1.78. The van der Waals surface area contributed by atoms with Gasteiger partial charge in [0, 0.05) is 31.5 Å². The molecule has 3 atom stereocenters. The molecule has 7 nitrogen and oxygen atoms in total. The van der Waals surface area contributed by atoms with Crippen LogP contribution in [-0.4, -0.2) is 67.5 Å². The van der Waals surface area contributed by atoms with Gasteiger partial charge >= 0.3 is 0 Å². The molecule has 0 unspecified atom stereocenters. The van der Waals surface area contributed by atoms with Crippen molar-refractivity contribution in [1.29, 1.82) is 0 Å². The van der Waals surface area contributed by atoms with E-state index in [-0.39, 0.29) is 41.5 Å². The van der Waals surface area contributed by atoms with Crippen LogP contribution in [0.2, 0.25) is 0 Å². The number of fused-ring (bicyclic) bond motifs is 1. The second kappa shape index (κ2) is 9.68. The van der Waals surface area contributed by atoms with Crippen molar-refractivity contribution in [3.05, 3.63) is 48.0 Å². The maximum Gasteiger partial charge on any atom is 0.247 e. The molecule has 8 heteroatoms. The van der Waals surface area contributed by atoms with Crippen LogP contribution in [0, 0.1) is 18.8 Å². The fourth-order valence-corrected chi connectivity index (χ4v) is 6.34. The molecule has 0 saturated heterocycles. The van der Waals surface area contributed by atoms with Gasteiger partial charge in [0.1, 0.15) is 16.7 Å². The molecule has 2 aliphatic rings. The number of ether oxygens (including phenoxy) is 1. The molecule has 0 radical (unpaired) electrons. The normalized spacial score (nSPS) is 23.2. The van der Waals surface area contributed by atoms with Crippen molar-refractivity contribution in [3.63, 3.8) is 0 Å². The van der Waals surface area contributed by atoms with E-state index < -0.39 is 22.2 Å². The van der Waals surface area contributed by atoms with E-state index in [9.17, 15) is 18.3 Å². The van der Waals surface area contributed by atoms with Crippen LogP contribution < -0.4 is 4.74 Å². The number of benzene rings is 2. The summed E-state index contributed by atoms with van der Waals surface area (Å²) >= 11 is 0. The number of hydrogen-bond acceptors (Lipinski definition) is 5. The third kappa shape index (κ3) is 4.85. The average molecular weight is 487 g/mol. The maximum atomic E-state index is 13.6. The summed E-state index contributed by atoms with van der Waals surface area (Å²) in [6.07, 6.45) is 1.45. The molecular weight excluding hydrogens is 452 g/mol. The second-order valence-electron chi connectivity index (χ2n) is 9.71. The predicted octanol–water partition coefficient (Wildman–Crippen LogP) is 3.30. The largest absolute Gasteiger partial charge is 0.487 e. The van der Waals surface area contributed by atoms with Crippen LogP contribution in [0.1, 0.15) is 32.3 Å². The van der Waals surface area contributed by atoms with E-state index in [0.717, 1.165) is 29.5 Å². The number of carbonyl (C=O) groups is 1. The van der Waals surface area contributed by atoms with E-state index in [4.69, 9.17) is 4.74 Å². The smallest absolute Gasteiger partial charge is 0.247 e. The first-order valence-electron chi connectivity index (χ1n) is 11.9. The van der Waals surface area contributed by atoms with Crippen molar-refractivity contribution < 1.29 is 23.1 Å². The van der Waals surface area contributed by atoms with Gasteiger partial charge in [-0.25, -0.2) is 8.42 Å². The lowest BCUT2D eigenvalue weighted by Crippen LogP contribution is -2.50. The minimum absolute atomic E-state index is 0.0817. The topological polar surface area (TPSA) is 87.2 Å². The van der Waals surface area contributed by atoms with Gasteiger partial charge in [-0.05, 0) is 55.5 Å². The molecule has 1 heterocycles. The number of carbonyl (C=O) groups excluding carboxylic acids is 1. The molecule has 0 spiro atoms. The first kappa shape index (κ1) is 24.7. The predicted molar refractivity (Wildman–Crippen MR) is 131 cm³/mol. The number of sulfonamides is 1. The number of aryl methyl sites for hydroxylation is 1. The molecule has 184 valence electrons. The van der Waals surface area contributed by atoms with Gasteiger partial charge in [0.15, 0.2) is 0 Å². The van der Waals surface area contributed by atoms with Crippen LogP contribution in [0.5, 0.6) is 5.75 Å². The number of hydrogen-bond donors (Lipinski definition) is 1. The summed E-state index contributed by atoms with van der Waals surface area (Å²) in [6.45, 7) is 5.92. The summed E-state index contributed by atoms with van der Waals surface area (Å²) in [5.74, 6) is 0.285. The zero-order valence-corrected chi connectivity index (χ0v) is 21.1. The third-order valence-electron chi connectivity index (χ3n) is 6.88. The Labute approximate surface area is 202 Å². The van der Waals surface area contributed by atoms with Gasteiger partial charge in [0.25, 0.3) is 0 Å². The molecule has 0 aromatic heterocycles. The molecule has 4 rings (SSSR count). The number of amides is 1. The van der Waals surface area contributed by atoms with Crippen molar-refractivity contribution in [2.45, 2.75) is 50.7 Å². The van der Waals surface area contributed by atoms with Gasteiger partial charge in [-0.15, -0.1) is 0 Å². The number of aliphatic hydroxyl groups is 1. The Kier molecular flexibility index (Phi) is 7.03. The molecule has 1 aliphatic heterocycles. The van der Waals surface area contributed by atoms with E-state index in [1.165, 1.54) is 4.31 Å². The van der Waals surface area contributed by atoms with Crippen LogP contribution in [0.3, 0.4) is 0 Å². The van der Waals surface area contributed by atoms with Gasteiger partial charge in [-0.2, -0.15) is 4.31 Å². The van der Waals surface area contributed by atoms with Crippen LogP contribution in [0.15, 0.2) is 47.4 Å². The number of likely N-dealkylation sites (N-methyl/N-ethyl adjacent to an activating group) is 1. The van der Waals surface area contributed by atoms with E-state index >= 15 is 0 Å². The van der Waals surface area contributed by atoms with Crippen LogP contribution >= 0.6 is 0 Å².